The molecule has 4 nitrogen and oxygen atoms in total. The maximum absolute atomic E-state index is 11.9. The zero-order valence-electron chi connectivity index (χ0n) is 10.9. The van der Waals surface area contributed by atoms with Crippen LogP contribution in [0, 0.1) is 3.57 Å². The van der Waals surface area contributed by atoms with Gasteiger partial charge in [-0.2, -0.15) is 0 Å². The van der Waals surface area contributed by atoms with Crippen molar-refractivity contribution in [1.29, 1.82) is 0 Å². The molecular formula is C14H13IN2O2S. The molecule has 0 spiro atoms. The van der Waals surface area contributed by atoms with Crippen molar-refractivity contribution in [3.63, 3.8) is 0 Å². The van der Waals surface area contributed by atoms with E-state index in [1.54, 1.807) is 11.8 Å². The molecule has 0 aliphatic carbocycles. The Labute approximate surface area is 134 Å². The number of fused-ring (bicyclic) bond motifs is 1. The van der Waals surface area contributed by atoms with Crippen molar-refractivity contribution in [1.82, 2.24) is 9.97 Å². The minimum absolute atomic E-state index is 0.0834. The molecule has 1 aromatic heterocycles. The topological polar surface area (TPSA) is 55.0 Å². The number of thioether (sulfide) groups is 1. The number of nitrogens with one attached hydrogen (secondary N) is 1. The summed E-state index contributed by atoms with van der Waals surface area (Å²) in [7, 11) is 0. The van der Waals surface area contributed by atoms with E-state index in [-0.39, 0.29) is 11.7 Å². The lowest BCUT2D eigenvalue weighted by Gasteiger charge is -2.25. The smallest absolute Gasteiger partial charge is 0.264 e. The van der Waals surface area contributed by atoms with Crippen LogP contribution in [0.4, 0.5) is 0 Å². The average Bonchev–Trinajstić information content (AvgIpc) is 2.49. The predicted octanol–water partition coefficient (Wildman–Crippen LogP) is 3.16. The fourth-order valence-electron chi connectivity index (χ4n) is 2.07. The van der Waals surface area contributed by atoms with Gasteiger partial charge in [0.05, 0.1) is 9.26 Å². The van der Waals surface area contributed by atoms with Crippen LogP contribution >= 0.6 is 34.4 Å². The zero-order valence-corrected chi connectivity index (χ0v) is 13.8. The minimum atomic E-state index is -0.204. The number of rotatable bonds is 2. The molecule has 104 valence electrons. The van der Waals surface area contributed by atoms with Crippen LogP contribution in [0.1, 0.15) is 24.5 Å². The summed E-state index contributed by atoms with van der Waals surface area (Å²) in [5.74, 6) is 2.23. The third-order valence-corrected chi connectivity index (χ3v) is 5.33. The van der Waals surface area contributed by atoms with Gasteiger partial charge in [0.1, 0.15) is 5.75 Å². The molecule has 1 atom stereocenters. The quantitative estimate of drug-likeness (QED) is 0.788. The molecule has 1 aliphatic heterocycles. The van der Waals surface area contributed by atoms with Crippen LogP contribution in [0.25, 0.3) is 0 Å². The van der Waals surface area contributed by atoms with Crippen LogP contribution in [0.3, 0.4) is 0 Å². The van der Waals surface area contributed by atoms with Gasteiger partial charge in [-0.3, -0.25) is 4.79 Å². The van der Waals surface area contributed by atoms with Gasteiger partial charge in [-0.05, 0) is 41.1 Å². The maximum atomic E-state index is 11.9. The molecule has 0 fully saturated rings. The first-order valence-corrected chi connectivity index (χ1v) is 8.42. The van der Waals surface area contributed by atoms with Gasteiger partial charge in [-0.25, -0.2) is 4.98 Å². The molecule has 6 heteroatoms. The fourth-order valence-corrected chi connectivity index (χ4v) is 3.69. The summed E-state index contributed by atoms with van der Waals surface area (Å²) in [5.41, 5.74) is 0.747. The number of hydrogen-bond acceptors (Lipinski definition) is 4. The van der Waals surface area contributed by atoms with Crippen LogP contribution in [-0.4, -0.2) is 15.7 Å². The fraction of sp³-hybridized carbons (Fsp3) is 0.286. The van der Waals surface area contributed by atoms with Crippen molar-refractivity contribution in [2.75, 3.05) is 5.75 Å². The third kappa shape index (κ3) is 2.58. The Kier molecular flexibility index (Phi) is 4.02. The Balaban J connectivity index is 1.96. The van der Waals surface area contributed by atoms with E-state index in [2.05, 4.69) is 9.97 Å². The first-order chi connectivity index (χ1) is 9.69. The molecule has 0 amide bonds. The lowest BCUT2D eigenvalue weighted by atomic mass is 10.3. The first kappa shape index (κ1) is 13.9. The Morgan fingerprint density at radius 2 is 2.30 bits per heavy atom. The molecule has 1 unspecified atom stereocenters. The molecule has 0 radical (unpaired) electrons. The SMILES string of the molecule is CCc1nc(C2CSc3ccccc3O2)[nH]c(=O)c1I. The average molecular weight is 400 g/mol. The standard InChI is InChI=1S/C14H13IN2O2S/c1-2-8-12(15)14(18)17-13(16-8)10-7-20-11-6-4-3-5-9(11)19-10/h3-6,10H,2,7H2,1H3,(H,16,17,18). The van der Waals surface area contributed by atoms with Gasteiger partial charge in [0.25, 0.3) is 5.56 Å². The molecule has 0 bridgehead atoms. The van der Waals surface area contributed by atoms with Gasteiger partial charge in [0, 0.05) is 10.6 Å². The highest BCUT2D eigenvalue weighted by Crippen LogP contribution is 2.39. The second kappa shape index (κ2) is 5.77. The van der Waals surface area contributed by atoms with Crippen molar-refractivity contribution in [3.8, 4) is 5.75 Å². The molecule has 1 aromatic carbocycles. The molecular weight excluding hydrogens is 387 g/mol. The first-order valence-electron chi connectivity index (χ1n) is 6.36. The summed E-state index contributed by atoms with van der Waals surface area (Å²) in [4.78, 5) is 20.5. The second-order valence-corrected chi connectivity index (χ2v) is 6.57. The summed E-state index contributed by atoms with van der Waals surface area (Å²) < 4.78 is 6.62. The molecule has 1 N–H and O–H groups in total. The highest BCUT2D eigenvalue weighted by Gasteiger charge is 2.24. The number of hydrogen-bond donors (Lipinski definition) is 1. The van der Waals surface area contributed by atoms with E-state index in [9.17, 15) is 4.79 Å². The van der Waals surface area contributed by atoms with E-state index < -0.39 is 0 Å². The molecule has 1 aliphatic rings. The van der Waals surface area contributed by atoms with Gasteiger partial charge in [0.15, 0.2) is 11.9 Å². The van der Waals surface area contributed by atoms with Crippen LogP contribution in [0.2, 0.25) is 0 Å². The number of benzene rings is 1. The van der Waals surface area contributed by atoms with Crippen LogP contribution < -0.4 is 10.3 Å². The van der Waals surface area contributed by atoms with Gasteiger partial charge in [-0.1, -0.05) is 19.1 Å². The summed E-state index contributed by atoms with van der Waals surface area (Å²) in [6.07, 6.45) is 0.538. The molecule has 20 heavy (non-hydrogen) atoms. The number of aryl methyl sites for hydroxylation is 1. The second-order valence-electron chi connectivity index (χ2n) is 4.43. The number of aromatic amines is 1. The lowest BCUT2D eigenvalue weighted by Crippen LogP contribution is -2.24. The van der Waals surface area contributed by atoms with Gasteiger partial charge in [0.2, 0.25) is 0 Å². The third-order valence-electron chi connectivity index (χ3n) is 3.10. The van der Waals surface area contributed by atoms with E-state index in [0.29, 0.717) is 9.39 Å². The van der Waals surface area contributed by atoms with Crippen molar-refractivity contribution >= 4 is 34.4 Å². The van der Waals surface area contributed by atoms with Crippen molar-refractivity contribution < 1.29 is 4.74 Å². The Morgan fingerprint density at radius 1 is 1.50 bits per heavy atom. The number of nitrogens with zero attached hydrogens (tertiary/aromatic N) is 1. The Morgan fingerprint density at radius 3 is 3.10 bits per heavy atom. The Bertz CT molecular complexity index is 702. The number of H-pyrrole nitrogens is 1. The molecule has 0 saturated heterocycles. The van der Waals surface area contributed by atoms with Crippen molar-refractivity contribution in [3.05, 3.63) is 49.7 Å². The summed E-state index contributed by atoms with van der Waals surface area (Å²) in [6.45, 7) is 2.00. The van der Waals surface area contributed by atoms with Gasteiger partial charge in [-0.15, -0.1) is 11.8 Å². The van der Waals surface area contributed by atoms with Gasteiger partial charge < -0.3 is 9.72 Å². The monoisotopic (exact) mass is 400 g/mol. The highest BCUT2D eigenvalue weighted by atomic mass is 127. The summed E-state index contributed by atoms with van der Waals surface area (Å²) >= 11 is 3.77. The van der Waals surface area contributed by atoms with Crippen molar-refractivity contribution in [2.45, 2.75) is 24.3 Å². The Hall–Kier alpha value is -1.02. The van der Waals surface area contributed by atoms with Crippen LogP contribution in [0.15, 0.2) is 34.0 Å². The maximum Gasteiger partial charge on any atom is 0.264 e. The molecule has 0 saturated carbocycles. The number of aromatic nitrogens is 2. The summed E-state index contributed by atoms with van der Waals surface area (Å²) in [5, 5.41) is 0. The minimum Gasteiger partial charge on any atom is -0.480 e. The van der Waals surface area contributed by atoms with E-state index in [1.807, 2.05) is 53.8 Å². The normalized spacial score (nSPS) is 17.4. The molecule has 3 rings (SSSR count). The number of ether oxygens (including phenoxy) is 1. The molecule has 2 heterocycles. The van der Waals surface area contributed by atoms with E-state index >= 15 is 0 Å². The predicted molar refractivity (Wildman–Crippen MR) is 87.5 cm³/mol. The van der Waals surface area contributed by atoms with Crippen LogP contribution in [-0.2, 0) is 6.42 Å². The molecule has 2 aromatic rings. The van der Waals surface area contributed by atoms with Crippen molar-refractivity contribution in [2.24, 2.45) is 0 Å². The largest absolute Gasteiger partial charge is 0.480 e. The number of halogens is 1. The van der Waals surface area contributed by atoms with Crippen LogP contribution in [0.5, 0.6) is 5.75 Å². The van der Waals surface area contributed by atoms with Gasteiger partial charge >= 0.3 is 0 Å². The van der Waals surface area contributed by atoms with E-state index in [4.69, 9.17) is 4.74 Å². The number of para-hydroxylation sites is 1. The summed E-state index contributed by atoms with van der Waals surface area (Å²) in [6, 6.07) is 7.93. The van der Waals surface area contributed by atoms with E-state index in [1.165, 1.54) is 0 Å². The zero-order chi connectivity index (χ0) is 14.1. The highest BCUT2D eigenvalue weighted by molar-refractivity contribution is 14.1. The van der Waals surface area contributed by atoms with E-state index in [0.717, 1.165) is 28.5 Å². The lowest BCUT2D eigenvalue weighted by molar-refractivity contribution is 0.209.